The van der Waals surface area contributed by atoms with Gasteiger partial charge >= 0.3 is 0 Å². The normalized spacial score (nSPS) is 11.0. The van der Waals surface area contributed by atoms with Gasteiger partial charge in [-0.05, 0) is 54.8 Å². The summed E-state index contributed by atoms with van der Waals surface area (Å²) >= 11 is 0. The van der Waals surface area contributed by atoms with Gasteiger partial charge in [-0.2, -0.15) is 5.26 Å². The fourth-order valence-electron chi connectivity index (χ4n) is 2.66. The number of aryl methyl sites for hydroxylation is 2. The van der Waals surface area contributed by atoms with Gasteiger partial charge in [0.25, 0.3) is 5.91 Å². The van der Waals surface area contributed by atoms with Crippen molar-refractivity contribution in [2.24, 2.45) is 0 Å². The van der Waals surface area contributed by atoms with E-state index < -0.39 is 11.9 Å². The first-order chi connectivity index (χ1) is 13.9. The summed E-state index contributed by atoms with van der Waals surface area (Å²) in [5.74, 6) is -0.983. The van der Waals surface area contributed by atoms with Crippen molar-refractivity contribution < 1.29 is 19.1 Å². The molecule has 0 saturated carbocycles. The summed E-state index contributed by atoms with van der Waals surface area (Å²) in [5, 5.41) is 22.9. The third-order valence-electron chi connectivity index (χ3n) is 4.45. The summed E-state index contributed by atoms with van der Waals surface area (Å²) in [6.45, 7) is 3.91. The predicted octanol–water partition coefficient (Wildman–Crippen LogP) is 3.47. The van der Waals surface area contributed by atoms with Gasteiger partial charge in [-0.3, -0.25) is 4.79 Å². The van der Waals surface area contributed by atoms with Crippen LogP contribution in [0.5, 0.6) is 0 Å². The molecule has 0 unspecified atom stereocenters. The van der Waals surface area contributed by atoms with Crippen molar-refractivity contribution in [3.8, 4) is 17.4 Å². The van der Waals surface area contributed by atoms with E-state index >= 15 is 0 Å². The first kappa shape index (κ1) is 19.6. The highest BCUT2D eigenvalue weighted by molar-refractivity contribution is 6.09. The van der Waals surface area contributed by atoms with Crippen molar-refractivity contribution in [3.63, 3.8) is 0 Å². The van der Waals surface area contributed by atoms with E-state index in [4.69, 9.17) is 4.42 Å². The van der Waals surface area contributed by atoms with Gasteiger partial charge < -0.3 is 19.6 Å². The smallest absolute Gasteiger partial charge is 0.266 e. The minimum Gasteiger partial charge on any atom is -0.545 e. The summed E-state index contributed by atoms with van der Waals surface area (Å²) in [7, 11) is 0. The zero-order valence-corrected chi connectivity index (χ0v) is 15.9. The molecule has 0 aliphatic carbocycles. The third-order valence-corrected chi connectivity index (χ3v) is 4.45. The summed E-state index contributed by atoms with van der Waals surface area (Å²) < 4.78 is 5.67. The highest BCUT2D eigenvalue weighted by Gasteiger charge is 2.12. The standard InChI is InChI=1S/C23H18N2O4/c1-14-3-8-19(11-15(14)2)25-22(26)18(13-24)12-20-9-10-21(29-20)16-4-6-17(7-5-16)23(27)28/h3-12H,1-2H3,(H,25,26)(H,27,28)/p-1. The number of nitriles is 1. The number of benzene rings is 2. The molecule has 1 heterocycles. The molecular formula is C23H17N2O4-. The molecule has 6 nitrogen and oxygen atoms in total. The molecule has 2 aromatic carbocycles. The molecule has 3 rings (SSSR count). The van der Waals surface area contributed by atoms with Crippen molar-refractivity contribution in [1.82, 2.24) is 0 Å². The molecule has 1 N–H and O–H groups in total. The second kappa shape index (κ2) is 8.28. The van der Waals surface area contributed by atoms with Crippen LogP contribution in [0.15, 0.2) is 64.6 Å². The van der Waals surface area contributed by atoms with Gasteiger partial charge in [-0.25, -0.2) is 0 Å². The van der Waals surface area contributed by atoms with Crippen molar-refractivity contribution in [2.45, 2.75) is 13.8 Å². The Hall–Kier alpha value is -4.11. The average molecular weight is 385 g/mol. The average Bonchev–Trinajstić information content (AvgIpc) is 3.17. The molecule has 144 valence electrons. The number of furan rings is 1. The Kier molecular flexibility index (Phi) is 5.61. The van der Waals surface area contributed by atoms with E-state index in [1.807, 2.05) is 32.0 Å². The quantitative estimate of drug-likeness (QED) is 0.535. The largest absolute Gasteiger partial charge is 0.545 e. The van der Waals surface area contributed by atoms with E-state index in [1.165, 1.54) is 18.2 Å². The fraction of sp³-hybridized carbons (Fsp3) is 0.0870. The number of carboxylic acids is 1. The van der Waals surface area contributed by atoms with Gasteiger partial charge in [0.2, 0.25) is 0 Å². The lowest BCUT2D eigenvalue weighted by Crippen LogP contribution is -2.21. The number of nitrogens with zero attached hydrogens (tertiary/aromatic N) is 1. The van der Waals surface area contributed by atoms with Gasteiger partial charge in [-0.1, -0.05) is 30.3 Å². The number of hydrogen-bond donors (Lipinski definition) is 1. The number of hydrogen-bond acceptors (Lipinski definition) is 5. The number of anilines is 1. The number of rotatable bonds is 5. The van der Waals surface area contributed by atoms with Crippen LogP contribution in [-0.4, -0.2) is 11.9 Å². The number of carbonyl (C=O) groups excluding carboxylic acids is 2. The SMILES string of the molecule is Cc1ccc(NC(=O)C(C#N)=Cc2ccc(-c3ccc(C(=O)[O-])cc3)o2)cc1C. The van der Waals surface area contributed by atoms with Gasteiger partial charge in [0.05, 0.1) is 5.97 Å². The molecule has 0 aliphatic heterocycles. The maximum Gasteiger partial charge on any atom is 0.266 e. The topological polar surface area (TPSA) is 106 Å². The van der Waals surface area contributed by atoms with Crippen molar-refractivity contribution >= 4 is 23.6 Å². The highest BCUT2D eigenvalue weighted by atomic mass is 16.4. The maximum absolute atomic E-state index is 12.4. The number of amides is 1. The van der Waals surface area contributed by atoms with Gasteiger partial charge in [-0.15, -0.1) is 0 Å². The van der Waals surface area contributed by atoms with Crippen LogP contribution in [0.1, 0.15) is 27.2 Å². The Bertz CT molecular complexity index is 1150. The van der Waals surface area contributed by atoms with Crippen LogP contribution in [0.25, 0.3) is 17.4 Å². The van der Waals surface area contributed by atoms with Gasteiger partial charge in [0.15, 0.2) is 0 Å². The van der Waals surface area contributed by atoms with E-state index in [0.717, 1.165) is 11.1 Å². The molecule has 29 heavy (non-hydrogen) atoms. The molecule has 0 bridgehead atoms. The van der Waals surface area contributed by atoms with Crippen molar-refractivity contribution in [2.75, 3.05) is 5.32 Å². The van der Waals surface area contributed by atoms with Crippen LogP contribution in [0.2, 0.25) is 0 Å². The Balaban J connectivity index is 1.78. The van der Waals surface area contributed by atoms with Crippen LogP contribution in [-0.2, 0) is 4.79 Å². The lowest BCUT2D eigenvalue weighted by atomic mass is 10.1. The first-order valence-electron chi connectivity index (χ1n) is 8.79. The third kappa shape index (κ3) is 4.60. The minimum absolute atomic E-state index is 0.0650. The number of aromatic carboxylic acids is 1. The first-order valence-corrected chi connectivity index (χ1v) is 8.79. The van der Waals surface area contributed by atoms with E-state index in [0.29, 0.717) is 22.8 Å². The predicted molar refractivity (Wildman–Crippen MR) is 107 cm³/mol. The maximum atomic E-state index is 12.4. The van der Waals surface area contributed by atoms with Crippen LogP contribution >= 0.6 is 0 Å². The monoisotopic (exact) mass is 385 g/mol. The zero-order valence-electron chi connectivity index (χ0n) is 15.9. The lowest BCUT2D eigenvalue weighted by molar-refractivity contribution is -0.255. The number of nitrogens with one attached hydrogen (secondary N) is 1. The molecule has 0 fully saturated rings. The molecule has 0 saturated heterocycles. The Morgan fingerprint density at radius 2 is 1.76 bits per heavy atom. The second-order valence-electron chi connectivity index (χ2n) is 6.49. The summed E-state index contributed by atoms with van der Waals surface area (Å²) in [6, 6.07) is 16.7. The molecular weight excluding hydrogens is 368 g/mol. The Morgan fingerprint density at radius 3 is 2.38 bits per heavy atom. The minimum atomic E-state index is -1.26. The molecule has 1 amide bonds. The molecule has 6 heteroatoms. The molecule has 0 radical (unpaired) electrons. The van der Waals surface area contributed by atoms with Gasteiger partial charge in [0, 0.05) is 17.3 Å². The van der Waals surface area contributed by atoms with E-state index in [9.17, 15) is 20.0 Å². The number of carboxylic acid groups (broad SMARTS) is 1. The van der Waals surface area contributed by atoms with Crippen LogP contribution < -0.4 is 10.4 Å². The van der Waals surface area contributed by atoms with E-state index in [-0.39, 0.29) is 11.1 Å². The summed E-state index contributed by atoms with van der Waals surface area (Å²) in [5.41, 5.74) is 3.37. The Morgan fingerprint density at radius 1 is 1.03 bits per heavy atom. The van der Waals surface area contributed by atoms with Gasteiger partial charge in [0.1, 0.15) is 23.2 Å². The lowest BCUT2D eigenvalue weighted by Gasteiger charge is -2.06. The Labute approximate surface area is 167 Å². The van der Waals surface area contributed by atoms with E-state index in [1.54, 1.807) is 30.3 Å². The molecule has 3 aromatic rings. The molecule has 0 atom stereocenters. The second-order valence-corrected chi connectivity index (χ2v) is 6.49. The fourth-order valence-corrected chi connectivity index (χ4v) is 2.66. The van der Waals surface area contributed by atoms with Crippen molar-refractivity contribution in [3.05, 3.63) is 82.6 Å². The van der Waals surface area contributed by atoms with Crippen LogP contribution in [0.4, 0.5) is 5.69 Å². The van der Waals surface area contributed by atoms with Crippen LogP contribution in [0.3, 0.4) is 0 Å². The number of carbonyl (C=O) groups is 2. The molecule has 1 aromatic heterocycles. The van der Waals surface area contributed by atoms with Crippen LogP contribution in [0, 0.1) is 25.2 Å². The van der Waals surface area contributed by atoms with E-state index in [2.05, 4.69) is 5.32 Å². The highest BCUT2D eigenvalue weighted by Crippen LogP contribution is 2.24. The summed E-state index contributed by atoms with van der Waals surface area (Å²) in [6.07, 6.45) is 1.36. The molecule has 0 spiro atoms. The molecule has 0 aliphatic rings. The van der Waals surface area contributed by atoms with Crippen molar-refractivity contribution in [1.29, 1.82) is 5.26 Å². The zero-order chi connectivity index (χ0) is 21.0. The summed E-state index contributed by atoms with van der Waals surface area (Å²) in [4.78, 5) is 23.2.